The number of nitrogens with zero attached hydrogens (tertiary/aromatic N) is 1. The van der Waals surface area contributed by atoms with Crippen LogP contribution in [-0.4, -0.2) is 19.1 Å². The predicted molar refractivity (Wildman–Crippen MR) is 74.8 cm³/mol. The van der Waals surface area contributed by atoms with Crippen molar-refractivity contribution < 1.29 is 0 Å². The molecular formula is C14H21ClN2. The number of nitrogens with two attached hydrogens (primary N) is 1. The third-order valence-electron chi connectivity index (χ3n) is 3.81. The van der Waals surface area contributed by atoms with Gasteiger partial charge in [0.2, 0.25) is 0 Å². The van der Waals surface area contributed by atoms with E-state index in [2.05, 4.69) is 31.7 Å². The van der Waals surface area contributed by atoms with E-state index >= 15 is 0 Å². The first-order valence-corrected chi connectivity index (χ1v) is 6.54. The number of benzene rings is 1. The van der Waals surface area contributed by atoms with Crippen LogP contribution in [0.2, 0.25) is 5.02 Å². The van der Waals surface area contributed by atoms with Crippen molar-refractivity contribution in [3.05, 3.63) is 28.8 Å². The number of aryl methyl sites for hydroxylation is 1. The molecule has 0 saturated carbocycles. The summed E-state index contributed by atoms with van der Waals surface area (Å²) >= 11 is 6.00. The van der Waals surface area contributed by atoms with Crippen molar-refractivity contribution in [2.75, 3.05) is 18.0 Å². The van der Waals surface area contributed by atoms with Crippen LogP contribution in [0.5, 0.6) is 0 Å². The molecule has 0 amide bonds. The Bertz CT molecular complexity index is 415. The monoisotopic (exact) mass is 252 g/mol. The van der Waals surface area contributed by atoms with E-state index in [0.29, 0.717) is 6.04 Å². The first kappa shape index (κ1) is 12.7. The van der Waals surface area contributed by atoms with Crippen molar-refractivity contribution in [3.63, 3.8) is 0 Å². The van der Waals surface area contributed by atoms with E-state index in [4.69, 9.17) is 17.3 Å². The topological polar surface area (TPSA) is 29.3 Å². The normalized spacial score (nSPS) is 23.8. The molecule has 1 atom stereocenters. The Kier molecular flexibility index (Phi) is 3.37. The minimum Gasteiger partial charge on any atom is -0.371 e. The van der Waals surface area contributed by atoms with Crippen LogP contribution in [0, 0.1) is 12.3 Å². The van der Waals surface area contributed by atoms with E-state index in [1.807, 2.05) is 12.1 Å². The van der Waals surface area contributed by atoms with Crippen LogP contribution in [-0.2, 0) is 0 Å². The molecule has 2 N–H and O–H groups in total. The lowest BCUT2D eigenvalue weighted by Crippen LogP contribution is -2.52. The Hall–Kier alpha value is -0.730. The molecule has 0 spiro atoms. The van der Waals surface area contributed by atoms with Gasteiger partial charge in [0, 0.05) is 29.8 Å². The second kappa shape index (κ2) is 4.51. The first-order valence-electron chi connectivity index (χ1n) is 6.17. The Balaban J connectivity index is 2.24. The van der Waals surface area contributed by atoms with E-state index in [1.54, 1.807) is 0 Å². The van der Waals surface area contributed by atoms with Crippen molar-refractivity contribution >= 4 is 17.3 Å². The summed E-state index contributed by atoms with van der Waals surface area (Å²) in [6, 6.07) is 6.40. The summed E-state index contributed by atoms with van der Waals surface area (Å²) in [5.41, 5.74) is 8.86. The van der Waals surface area contributed by atoms with E-state index in [-0.39, 0.29) is 5.41 Å². The molecule has 0 aromatic heterocycles. The smallest absolute Gasteiger partial charge is 0.0410 e. The number of anilines is 1. The highest BCUT2D eigenvalue weighted by atomic mass is 35.5. The van der Waals surface area contributed by atoms with Gasteiger partial charge in [-0.2, -0.15) is 0 Å². The van der Waals surface area contributed by atoms with Crippen LogP contribution < -0.4 is 10.6 Å². The lowest BCUT2D eigenvalue weighted by Gasteiger charge is -2.44. The maximum Gasteiger partial charge on any atom is 0.0410 e. The van der Waals surface area contributed by atoms with Crippen molar-refractivity contribution in [2.45, 2.75) is 33.2 Å². The molecule has 1 fully saturated rings. The summed E-state index contributed by atoms with van der Waals surface area (Å²) in [4.78, 5) is 2.43. The molecule has 2 rings (SSSR count). The summed E-state index contributed by atoms with van der Waals surface area (Å²) in [6.45, 7) is 8.65. The third kappa shape index (κ3) is 2.58. The Labute approximate surface area is 109 Å². The molecule has 0 aliphatic carbocycles. The molecule has 17 heavy (non-hydrogen) atoms. The Morgan fingerprint density at radius 2 is 2.12 bits per heavy atom. The highest BCUT2D eigenvalue weighted by molar-refractivity contribution is 6.30. The van der Waals surface area contributed by atoms with Gasteiger partial charge in [0.1, 0.15) is 0 Å². The molecule has 1 aliphatic rings. The number of halogens is 1. The molecular weight excluding hydrogens is 232 g/mol. The van der Waals surface area contributed by atoms with Gasteiger partial charge in [0.15, 0.2) is 0 Å². The summed E-state index contributed by atoms with van der Waals surface area (Å²) < 4.78 is 0. The zero-order valence-electron chi connectivity index (χ0n) is 10.8. The molecule has 1 aromatic carbocycles. The van der Waals surface area contributed by atoms with Crippen LogP contribution in [0.3, 0.4) is 0 Å². The highest BCUT2D eigenvalue weighted by Gasteiger charge is 2.33. The highest BCUT2D eigenvalue weighted by Crippen LogP contribution is 2.33. The SMILES string of the molecule is Cc1cc(Cl)ccc1N1CCC(N)C(C)(C)C1. The van der Waals surface area contributed by atoms with Gasteiger partial charge in [0.25, 0.3) is 0 Å². The molecule has 1 heterocycles. The number of hydrogen-bond acceptors (Lipinski definition) is 2. The summed E-state index contributed by atoms with van der Waals surface area (Å²) in [7, 11) is 0. The molecule has 0 radical (unpaired) electrons. The Morgan fingerprint density at radius 1 is 1.41 bits per heavy atom. The van der Waals surface area contributed by atoms with Crippen LogP contribution in [0.4, 0.5) is 5.69 Å². The van der Waals surface area contributed by atoms with E-state index in [0.717, 1.165) is 24.5 Å². The summed E-state index contributed by atoms with van der Waals surface area (Å²) in [5.74, 6) is 0. The molecule has 1 unspecified atom stereocenters. The van der Waals surface area contributed by atoms with Gasteiger partial charge >= 0.3 is 0 Å². The van der Waals surface area contributed by atoms with Gasteiger partial charge in [-0.3, -0.25) is 0 Å². The quantitative estimate of drug-likeness (QED) is 0.832. The molecule has 1 saturated heterocycles. The fourth-order valence-corrected chi connectivity index (χ4v) is 2.78. The summed E-state index contributed by atoms with van der Waals surface area (Å²) in [5, 5.41) is 0.805. The van der Waals surface area contributed by atoms with Gasteiger partial charge in [-0.15, -0.1) is 0 Å². The standard InChI is InChI=1S/C14H21ClN2/c1-10-8-11(15)4-5-12(10)17-7-6-13(16)14(2,3)9-17/h4-5,8,13H,6-7,9,16H2,1-3H3. The average molecular weight is 253 g/mol. The van der Waals surface area contributed by atoms with Crippen LogP contribution in [0.25, 0.3) is 0 Å². The van der Waals surface area contributed by atoms with Crippen molar-refractivity contribution in [1.29, 1.82) is 0 Å². The summed E-state index contributed by atoms with van der Waals surface area (Å²) in [6.07, 6.45) is 1.05. The lowest BCUT2D eigenvalue weighted by molar-refractivity contribution is 0.245. The minimum absolute atomic E-state index is 0.171. The van der Waals surface area contributed by atoms with E-state index in [9.17, 15) is 0 Å². The van der Waals surface area contributed by atoms with Gasteiger partial charge in [-0.25, -0.2) is 0 Å². The number of hydrogen-bond donors (Lipinski definition) is 1. The number of rotatable bonds is 1. The molecule has 94 valence electrons. The molecule has 1 aliphatic heterocycles. The van der Waals surface area contributed by atoms with E-state index < -0.39 is 0 Å². The van der Waals surface area contributed by atoms with Crippen molar-refractivity contribution in [3.8, 4) is 0 Å². The van der Waals surface area contributed by atoms with Crippen molar-refractivity contribution in [1.82, 2.24) is 0 Å². The fourth-order valence-electron chi connectivity index (χ4n) is 2.55. The maximum absolute atomic E-state index is 6.17. The zero-order valence-corrected chi connectivity index (χ0v) is 11.6. The third-order valence-corrected chi connectivity index (χ3v) is 4.05. The predicted octanol–water partition coefficient (Wildman–Crippen LogP) is 3.21. The van der Waals surface area contributed by atoms with Gasteiger partial charge in [0.05, 0.1) is 0 Å². The fraction of sp³-hybridized carbons (Fsp3) is 0.571. The largest absolute Gasteiger partial charge is 0.371 e. The van der Waals surface area contributed by atoms with Gasteiger partial charge in [-0.1, -0.05) is 25.4 Å². The average Bonchev–Trinajstić information content (AvgIpc) is 2.22. The second-order valence-corrected chi connectivity index (χ2v) is 6.17. The van der Waals surface area contributed by atoms with Gasteiger partial charge in [-0.05, 0) is 42.5 Å². The number of piperidine rings is 1. The second-order valence-electron chi connectivity index (χ2n) is 5.74. The molecule has 2 nitrogen and oxygen atoms in total. The maximum atomic E-state index is 6.17. The van der Waals surface area contributed by atoms with Crippen LogP contribution >= 0.6 is 11.6 Å². The molecule has 1 aromatic rings. The molecule has 3 heteroatoms. The Morgan fingerprint density at radius 3 is 2.71 bits per heavy atom. The van der Waals surface area contributed by atoms with Crippen LogP contribution in [0.15, 0.2) is 18.2 Å². The van der Waals surface area contributed by atoms with Crippen LogP contribution in [0.1, 0.15) is 25.8 Å². The zero-order chi connectivity index (χ0) is 12.6. The van der Waals surface area contributed by atoms with Crippen molar-refractivity contribution in [2.24, 2.45) is 11.1 Å². The lowest BCUT2D eigenvalue weighted by atomic mass is 9.79. The minimum atomic E-state index is 0.171. The first-order chi connectivity index (χ1) is 7.90. The molecule has 0 bridgehead atoms. The van der Waals surface area contributed by atoms with E-state index in [1.165, 1.54) is 11.3 Å². The van der Waals surface area contributed by atoms with Gasteiger partial charge < -0.3 is 10.6 Å².